The molecule has 0 aromatic carbocycles. The van der Waals surface area contributed by atoms with Crippen molar-refractivity contribution in [3.8, 4) is 0 Å². The van der Waals surface area contributed by atoms with Gasteiger partial charge < -0.3 is 15.7 Å². The molecule has 2 amide bonds. The highest BCUT2D eigenvalue weighted by Crippen LogP contribution is 2.47. The summed E-state index contributed by atoms with van der Waals surface area (Å²) in [6, 6.07) is -0.0122. The van der Waals surface area contributed by atoms with Crippen molar-refractivity contribution >= 4 is 6.03 Å². The van der Waals surface area contributed by atoms with Crippen LogP contribution in [0.15, 0.2) is 0 Å². The van der Waals surface area contributed by atoms with E-state index in [0.29, 0.717) is 11.8 Å². The maximum atomic E-state index is 11.6. The molecule has 3 N–H and O–H groups in total. The molecule has 94 valence electrons. The molecular formula is C12H24N2O2. The summed E-state index contributed by atoms with van der Waals surface area (Å²) in [5.74, 6) is 0. The van der Waals surface area contributed by atoms with E-state index < -0.39 is 0 Å². The normalized spacial score (nSPS) is 18.9. The second-order valence-corrected chi connectivity index (χ2v) is 4.80. The lowest BCUT2D eigenvalue weighted by Crippen LogP contribution is -2.44. The zero-order chi connectivity index (χ0) is 12.0. The van der Waals surface area contributed by atoms with Gasteiger partial charge in [0.1, 0.15) is 0 Å². The van der Waals surface area contributed by atoms with E-state index in [1.165, 1.54) is 12.8 Å². The molecule has 1 unspecified atom stereocenters. The molecule has 1 aliphatic carbocycles. The molecule has 0 aliphatic heterocycles. The van der Waals surface area contributed by atoms with E-state index in [9.17, 15) is 4.79 Å². The first kappa shape index (κ1) is 13.3. The van der Waals surface area contributed by atoms with Gasteiger partial charge in [-0.05, 0) is 37.5 Å². The van der Waals surface area contributed by atoms with Crippen LogP contribution in [0.5, 0.6) is 0 Å². The zero-order valence-electron chi connectivity index (χ0n) is 10.4. The number of rotatable bonds is 7. The van der Waals surface area contributed by atoms with Crippen LogP contribution in [0.1, 0.15) is 46.0 Å². The summed E-state index contributed by atoms with van der Waals surface area (Å²) in [5.41, 5.74) is 0.385. The standard InChI is InChI=1S/C12H24N2O2/c1-3-10(5-8-15)14-11(16)13-9-12(4-2)6-7-12/h10,15H,3-9H2,1-2H3,(H2,13,14,16). The van der Waals surface area contributed by atoms with Crippen molar-refractivity contribution < 1.29 is 9.90 Å². The molecule has 0 aromatic rings. The van der Waals surface area contributed by atoms with E-state index >= 15 is 0 Å². The van der Waals surface area contributed by atoms with Crippen molar-refractivity contribution in [1.82, 2.24) is 10.6 Å². The smallest absolute Gasteiger partial charge is 0.315 e. The molecule has 4 heteroatoms. The molecule has 1 rings (SSSR count). The second-order valence-electron chi connectivity index (χ2n) is 4.80. The fourth-order valence-electron chi connectivity index (χ4n) is 1.87. The summed E-state index contributed by atoms with van der Waals surface area (Å²) in [7, 11) is 0. The van der Waals surface area contributed by atoms with Crippen molar-refractivity contribution in [1.29, 1.82) is 0 Å². The third kappa shape index (κ3) is 4.00. The van der Waals surface area contributed by atoms with Gasteiger partial charge in [0.05, 0.1) is 0 Å². The third-order valence-corrected chi connectivity index (χ3v) is 3.64. The topological polar surface area (TPSA) is 61.4 Å². The molecule has 0 heterocycles. The van der Waals surface area contributed by atoms with Gasteiger partial charge in [0.25, 0.3) is 0 Å². The Kier molecular flexibility index (Phi) is 5.06. The lowest BCUT2D eigenvalue weighted by molar-refractivity contribution is 0.225. The Hall–Kier alpha value is -0.770. The predicted molar refractivity (Wildman–Crippen MR) is 64.3 cm³/mol. The van der Waals surface area contributed by atoms with Crippen LogP contribution in [-0.4, -0.2) is 30.3 Å². The fraction of sp³-hybridized carbons (Fsp3) is 0.917. The monoisotopic (exact) mass is 228 g/mol. The molecular weight excluding hydrogens is 204 g/mol. The number of aliphatic hydroxyl groups is 1. The lowest BCUT2D eigenvalue weighted by Gasteiger charge is -2.18. The summed E-state index contributed by atoms with van der Waals surface area (Å²) in [6.07, 6.45) is 5.09. The summed E-state index contributed by atoms with van der Waals surface area (Å²) in [6.45, 7) is 5.09. The molecule has 0 bridgehead atoms. The minimum atomic E-state index is -0.0972. The van der Waals surface area contributed by atoms with Crippen LogP contribution >= 0.6 is 0 Å². The molecule has 0 saturated heterocycles. The van der Waals surface area contributed by atoms with Crippen LogP contribution in [0.25, 0.3) is 0 Å². The Bertz CT molecular complexity index is 227. The van der Waals surface area contributed by atoms with Gasteiger partial charge in [-0.15, -0.1) is 0 Å². The largest absolute Gasteiger partial charge is 0.396 e. The number of carbonyl (C=O) groups is 1. The van der Waals surface area contributed by atoms with Crippen molar-refractivity contribution in [2.75, 3.05) is 13.2 Å². The first-order valence-electron chi connectivity index (χ1n) is 6.31. The van der Waals surface area contributed by atoms with Crippen LogP contribution < -0.4 is 10.6 Å². The first-order valence-corrected chi connectivity index (χ1v) is 6.31. The van der Waals surface area contributed by atoms with Gasteiger partial charge in [-0.25, -0.2) is 4.79 Å². The summed E-state index contributed by atoms with van der Waals surface area (Å²) in [5, 5.41) is 14.6. The van der Waals surface area contributed by atoms with Crippen LogP contribution in [0.2, 0.25) is 0 Å². The molecule has 1 saturated carbocycles. The van der Waals surface area contributed by atoms with Gasteiger partial charge >= 0.3 is 6.03 Å². The number of urea groups is 1. The molecule has 1 atom stereocenters. The van der Waals surface area contributed by atoms with E-state index in [-0.39, 0.29) is 18.7 Å². The highest BCUT2D eigenvalue weighted by atomic mass is 16.3. The van der Waals surface area contributed by atoms with Gasteiger partial charge in [-0.3, -0.25) is 0 Å². The van der Waals surface area contributed by atoms with Crippen molar-refractivity contribution in [2.45, 2.75) is 52.0 Å². The third-order valence-electron chi connectivity index (χ3n) is 3.64. The number of amides is 2. The van der Waals surface area contributed by atoms with E-state index in [1.54, 1.807) is 0 Å². The minimum absolute atomic E-state index is 0.0850. The molecule has 1 aliphatic rings. The Morgan fingerprint density at radius 3 is 2.56 bits per heavy atom. The molecule has 0 aromatic heterocycles. The van der Waals surface area contributed by atoms with Gasteiger partial charge in [0, 0.05) is 19.2 Å². The van der Waals surface area contributed by atoms with Crippen LogP contribution in [-0.2, 0) is 0 Å². The van der Waals surface area contributed by atoms with Crippen molar-refractivity contribution in [3.63, 3.8) is 0 Å². The Morgan fingerprint density at radius 2 is 2.12 bits per heavy atom. The Balaban J connectivity index is 2.19. The second kappa shape index (κ2) is 6.09. The number of hydrogen-bond donors (Lipinski definition) is 3. The van der Waals surface area contributed by atoms with E-state index in [1.807, 2.05) is 6.92 Å². The summed E-state index contributed by atoms with van der Waals surface area (Å²) >= 11 is 0. The van der Waals surface area contributed by atoms with E-state index in [0.717, 1.165) is 19.4 Å². The SMILES string of the molecule is CCC(CCO)NC(=O)NCC1(CC)CC1. The first-order chi connectivity index (χ1) is 7.65. The van der Waals surface area contributed by atoms with Crippen LogP contribution in [0.4, 0.5) is 4.79 Å². The van der Waals surface area contributed by atoms with E-state index in [4.69, 9.17) is 5.11 Å². The van der Waals surface area contributed by atoms with Gasteiger partial charge in [0.15, 0.2) is 0 Å². The summed E-state index contributed by atoms with van der Waals surface area (Å²) in [4.78, 5) is 11.6. The Labute approximate surface area is 97.8 Å². The quantitative estimate of drug-likeness (QED) is 0.620. The highest BCUT2D eigenvalue weighted by molar-refractivity contribution is 5.74. The fourth-order valence-corrected chi connectivity index (χ4v) is 1.87. The van der Waals surface area contributed by atoms with Crippen molar-refractivity contribution in [2.24, 2.45) is 5.41 Å². The lowest BCUT2D eigenvalue weighted by atomic mass is 10.0. The zero-order valence-corrected chi connectivity index (χ0v) is 10.4. The van der Waals surface area contributed by atoms with Gasteiger partial charge in [0.2, 0.25) is 0 Å². The molecule has 0 radical (unpaired) electrons. The number of carbonyl (C=O) groups excluding carboxylic acids is 1. The maximum Gasteiger partial charge on any atom is 0.315 e. The van der Waals surface area contributed by atoms with Crippen LogP contribution in [0, 0.1) is 5.41 Å². The maximum absolute atomic E-state index is 11.6. The Morgan fingerprint density at radius 1 is 1.44 bits per heavy atom. The van der Waals surface area contributed by atoms with E-state index in [2.05, 4.69) is 17.6 Å². The number of aliphatic hydroxyl groups excluding tert-OH is 1. The van der Waals surface area contributed by atoms with Gasteiger partial charge in [-0.1, -0.05) is 13.8 Å². The minimum Gasteiger partial charge on any atom is -0.396 e. The van der Waals surface area contributed by atoms with Crippen LogP contribution in [0.3, 0.4) is 0 Å². The average Bonchev–Trinajstić information content (AvgIpc) is 3.06. The number of nitrogens with one attached hydrogen (secondary N) is 2. The number of hydrogen-bond acceptors (Lipinski definition) is 2. The molecule has 4 nitrogen and oxygen atoms in total. The molecule has 0 spiro atoms. The predicted octanol–water partition coefficient (Wildman–Crippen LogP) is 1.64. The highest BCUT2D eigenvalue weighted by Gasteiger charge is 2.40. The average molecular weight is 228 g/mol. The summed E-state index contributed by atoms with van der Waals surface area (Å²) < 4.78 is 0. The van der Waals surface area contributed by atoms with Crippen molar-refractivity contribution in [3.05, 3.63) is 0 Å². The van der Waals surface area contributed by atoms with Gasteiger partial charge in [-0.2, -0.15) is 0 Å². The molecule has 16 heavy (non-hydrogen) atoms. The molecule has 1 fully saturated rings.